The largest absolute Gasteiger partial charge is 0.272 e. The molecule has 2 atom stereocenters. The summed E-state index contributed by atoms with van der Waals surface area (Å²) in [5.74, 6) is 1.24. The highest BCUT2D eigenvalue weighted by Crippen LogP contribution is 2.36. The van der Waals surface area contributed by atoms with Gasteiger partial charge in [0.15, 0.2) is 0 Å². The molecule has 0 aliphatic carbocycles. The smallest absolute Gasteiger partial charge is 0.256 e. The Kier molecular flexibility index (Phi) is 4.39. The maximum atomic E-state index is 13.0. The number of hydrogen-bond acceptors (Lipinski definition) is 3. The van der Waals surface area contributed by atoms with Gasteiger partial charge < -0.3 is 0 Å². The Morgan fingerprint density at radius 2 is 1.75 bits per heavy atom. The summed E-state index contributed by atoms with van der Waals surface area (Å²) in [6, 6.07) is 20.5. The second-order valence-corrected chi connectivity index (χ2v) is 7.54. The Morgan fingerprint density at radius 1 is 1.04 bits per heavy atom. The van der Waals surface area contributed by atoms with E-state index in [0.29, 0.717) is 0 Å². The SMILES string of the molecule is O=C(C1CCCS1)N1N=C(c2ccccc2)CC1c1ccccc1. The van der Waals surface area contributed by atoms with Crippen LogP contribution in [0.1, 0.15) is 36.4 Å². The third kappa shape index (κ3) is 2.98. The van der Waals surface area contributed by atoms with Crippen LogP contribution < -0.4 is 0 Å². The van der Waals surface area contributed by atoms with E-state index in [0.717, 1.165) is 41.9 Å². The molecule has 122 valence electrons. The van der Waals surface area contributed by atoms with Crippen LogP contribution in [0.5, 0.6) is 0 Å². The van der Waals surface area contributed by atoms with Gasteiger partial charge in [-0.15, -0.1) is 11.8 Å². The van der Waals surface area contributed by atoms with Crippen molar-refractivity contribution in [1.29, 1.82) is 0 Å². The molecule has 0 aromatic heterocycles. The fourth-order valence-corrected chi connectivity index (χ4v) is 4.58. The van der Waals surface area contributed by atoms with Crippen molar-refractivity contribution >= 4 is 23.4 Å². The van der Waals surface area contributed by atoms with Crippen molar-refractivity contribution in [3.63, 3.8) is 0 Å². The lowest BCUT2D eigenvalue weighted by Crippen LogP contribution is -2.33. The van der Waals surface area contributed by atoms with Crippen LogP contribution in [0.3, 0.4) is 0 Å². The van der Waals surface area contributed by atoms with Gasteiger partial charge in [0.25, 0.3) is 5.91 Å². The summed E-state index contributed by atoms with van der Waals surface area (Å²) < 4.78 is 0. The van der Waals surface area contributed by atoms with Gasteiger partial charge in [0.1, 0.15) is 0 Å². The van der Waals surface area contributed by atoms with E-state index < -0.39 is 0 Å². The first-order valence-electron chi connectivity index (χ1n) is 8.45. The van der Waals surface area contributed by atoms with E-state index in [4.69, 9.17) is 5.10 Å². The van der Waals surface area contributed by atoms with E-state index in [1.54, 1.807) is 16.8 Å². The molecule has 0 spiro atoms. The third-order valence-electron chi connectivity index (χ3n) is 4.63. The number of hydrazone groups is 1. The number of rotatable bonds is 3. The molecule has 2 aromatic rings. The molecule has 2 unspecified atom stereocenters. The minimum absolute atomic E-state index is 0.00936. The molecule has 0 saturated carbocycles. The Balaban J connectivity index is 1.67. The van der Waals surface area contributed by atoms with Gasteiger partial charge in [-0.3, -0.25) is 4.79 Å². The Hall–Kier alpha value is -2.07. The van der Waals surface area contributed by atoms with Gasteiger partial charge in [-0.05, 0) is 29.7 Å². The minimum atomic E-state index is 0.00936. The molecule has 2 aliphatic rings. The molecular weight excluding hydrogens is 316 g/mol. The summed E-state index contributed by atoms with van der Waals surface area (Å²) in [7, 11) is 0. The van der Waals surface area contributed by atoms with E-state index in [-0.39, 0.29) is 17.2 Å². The standard InChI is InChI=1S/C20H20N2OS/c23-20(19-12-7-13-24-19)22-18(16-10-5-2-6-11-16)14-17(21-22)15-8-3-1-4-9-15/h1-6,8-11,18-19H,7,12-14H2. The molecule has 1 fully saturated rings. The summed E-state index contributed by atoms with van der Waals surface area (Å²) >= 11 is 1.77. The van der Waals surface area contributed by atoms with Crippen LogP contribution in [-0.2, 0) is 4.79 Å². The number of thioether (sulfide) groups is 1. The minimum Gasteiger partial charge on any atom is -0.272 e. The molecule has 3 nitrogen and oxygen atoms in total. The van der Waals surface area contributed by atoms with Gasteiger partial charge in [-0.1, -0.05) is 60.7 Å². The fourth-order valence-electron chi connectivity index (χ4n) is 3.37. The first-order chi connectivity index (χ1) is 11.8. The van der Waals surface area contributed by atoms with Crippen LogP contribution in [0.4, 0.5) is 0 Å². The van der Waals surface area contributed by atoms with E-state index in [2.05, 4.69) is 24.3 Å². The van der Waals surface area contributed by atoms with Crippen molar-refractivity contribution in [2.24, 2.45) is 5.10 Å². The van der Waals surface area contributed by atoms with Crippen molar-refractivity contribution < 1.29 is 4.79 Å². The summed E-state index contributed by atoms with van der Waals surface area (Å²) in [4.78, 5) is 13.0. The number of amides is 1. The van der Waals surface area contributed by atoms with Crippen LogP contribution in [0.15, 0.2) is 65.8 Å². The predicted octanol–water partition coefficient (Wildman–Crippen LogP) is 4.26. The zero-order valence-electron chi connectivity index (χ0n) is 13.5. The quantitative estimate of drug-likeness (QED) is 0.839. The topological polar surface area (TPSA) is 32.7 Å². The molecule has 0 bridgehead atoms. The molecule has 0 N–H and O–H groups in total. The first kappa shape index (κ1) is 15.5. The van der Waals surface area contributed by atoms with Crippen molar-refractivity contribution in [2.45, 2.75) is 30.6 Å². The highest BCUT2D eigenvalue weighted by molar-refractivity contribution is 8.00. The zero-order chi connectivity index (χ0) is 16.4. The van der Waals surface area contributed by atoms with Gasteiger partial charge in [0, 0.05) is 6.42 Å². The van der Waals surface area contributed by atoms with Crippen molar-refractivity contribution in [3.8, 4) is 0 Å². The average molecular weight is 336 g/mol. The fraction of sp³-hybridized carbons (Fsp3) is 0.300. The summed E-state index contributed by atoms with van der Waals surface area (Å²) in [6.07, 6.45) is 2.87. The normalized spacial score (nSPS) is 23.3. The second kappa shape index (κ2) is 6.81. The molecule has 24 heavy (non-hydrogen) atoms. The summed E-state index contributed by atoms with van der Waals surface area (Å²) in [5.41, 5.74) is 3.26. The molecule has 4 heteroatoms. The molecule has 1 saturated heterocycles. The first-order valence-corrected chi connectivity index (χ1v) is 9.50. The highest BCUT2D eigenvalue weighted by atomic mass is 32.2. The van der Waals surface area contributed by atoms with Crippen molar-refractivity contribution in [1.82, 2.24) is 5.01 Å². The number of carbonyl (C=O) groups excluding carboxylic acids is 1. The number of benzene rings is 2. The third-order valence-corrected chi connectivity index (χ3v) is 6.00. The maximum absolute atomic E-state index is 13.0. The lowest BCUT2D eigenvalue weighted by atomic mass is 9.98. The zero-order valence-corrected chi connectivity index (χ0v) is 14.3. The Bertz CT molecular complexity index is 739. The van der Waals surface area contributed by atoms with Crippen molar-refractivity contribution in [3.05, 3.63) is 71.8 Å². The van der Waals surface area contributed by atoms with Crippen LogP contribution in [-0.4, -0.2) is 27.6 Å². The number of carbonyl (C=O) groups is 1. The van der Waals surface area contributed by atoms with Gasteiger partial charge in [0.2, 0.25) is 0 Å². The molecule has 2 heterocycles. The van der Waals surface area contributed by atoms with E-state index in [1.807, 2.05) is 36.4 Å². The predicted molar refractivity (Wildman–Crippen MR) is 99.1 cm³/mol. The number of hydrogen-bond donors (Lipinski definition) is 0. The van der Waals surface area contributed by atoms with E-state index in [9.17, 15) is 4.79 Å². The monoisotopic (exact) mass is 336 g/mol. The number of nitrogens with zero attached hydrogens (tertiary/aromatic N) is 2. The van der Waals surface area contributed by atoms with Crippen LogP contribution in [0.25, 0.3) is 0 Å². The van der Waals surface area contributed by atoms with E-state index >= 15 is 0 Å². The molecule has 2 aliphatic heterocycles. The van der Waals surface area contributed by atoms with Crippen LogP contribution in [0.2, 0.25) is 0 Å². The van der Waals surface area contributed by atoms with Gasteiger partial charge in [-0.2, -0.15) is 5.10 Å². The maximum Gasteiger partial charge on any atom is 0.256 e. The lowest BCUT2D eigenvalue weighted by Gasteiger charge is -2.24. The van der Waals surface area contributed by atoms with Gasteiger partial charge in [0.05, 0.1) is 17.0 Å². The van der Waals surface area contributed by atoms with Gasteiger partial charge in [-0.25, -0.2) is 5.01 Å². The highest BCUT2D eigenvalue weighted by Gasteiger charge is 2.37. The van der Waals surface area contributed by atoms with Crippen LogP contribution >= 0.6 is 11.8 Å². The summed E-state index contributed by atoms with van der Waals surface area (Å²) in [6.45, 7) is 0. The van der Waals surface area contributed by atoms with Gasteiger partial charge >= 0.3 is 0 Å². The Morgan fingerprint density at radius 3 is 2.42 bits per heavy atom. The van der Waals surface area contributed by atoms with E-state index in [1.165, 1.54) is 0 Å². The Labute approximate surface area is 146 Å². The second-order valence-electron chi connectivity index (χ2n) is 6.23. The molecule has 2 aromatic carbocycles. The molecule has 1 amide bonds. The lowest BCUT2D eigenvalue weighted by molar-refractivity contribution is -0.132. The average Bonchev–Trinajstić information content (AvgIpc) is 3.33. The molecule has 4 rings (SSSR count). The van der Waals surface area contributed by atoms with Crippen LogP contribution in [0, 0.1) is 0 Å². The molecule has 0 radical (unpaired) electrons. The summed E-state index contributed by atoms with van der Waals surface area (Å²) in [5, 5.41) is 6.56. The molecular formula is C20H20N2OS. The van der Waals surface area contributed by atoms with Crippen molar-refractivity contribution in [2.75, 3.05) is 5.75 Å².